The quantitative estimate of drug-likeness (QED) is 0.342. The molecule has 0 aliphatic heterocycles. The number of aromatic nitrogens is 2. The van der Waals surface area contributed by atoms with Gasteiger partial charge in [0.05, 0.1) is 12.2 Å². The van der Waals surface area contributed by atoms with E-state index in [1.807, 2.05) is 16.9 Å². The van der Waals surface area contributed by atoms with Crippen LogP contribution in [0.1, 0.15) is 45.9 Å². The first-order valence-electron chi connectivity index (χ1n) is 6.72. The molecular weight excluding hydrogens is 242 g/mol. The summed E-state index contributed by atoms with van der Waals surface area (Å²) in [5, 5.41) is 16.3. The fourth-order valence-electron chi connectivity index (χ4n) is 1.76. The molecule has 3 N–H and O–H groups in total. The van der Waals surface area contributed by atoms with Crippen molar-refractivity contribution in [3.8, 4) is 0 Å². The van der Waals surface area contributed by atoms with Crippen LogP contribution in [0.4, 0.5) is 0 Å². The lowest BCUT2D eigenvalue weighted by Crippen LogP contribution is -2.38. The van der Waals surface area contributed by atoms with Gasteiger partial charge in [-0.3, -0.25) is 9.58 Å². The second-order valence-electron chi connectivity index (χ2n) is 5.13. The zero-order chi connectivity index (χ0) is 14.4. The molecule has 1 heterocycles. The Morgan fingerprint density at radius 2 is 2.21 bits per heavy atom. The van der Waals surface area contributed by atoms with Crippen molar-refractivity contribution in [1.29, 1.82) is 0 Å². The van der Waals surface area contributed by atoms with Crippen molar-refractivity contribution >= 4 is 5.84 Å². The molecule has 19 heavy (non-hydrogen) atoms. The summed E-state index contributed by atoms with van der Waals surface area (Å²) >= 11 is 0. The zero-order valence-electron chi connectivity index (χ0n) is 12.2. The molecule has 0 saturated heterocycles. The third-order valence-corrected chi connectivity index (χ3v) is 3.29. The second-order valence-corrected chi connectivity index (χ2v) is 5.13. The van der Waals surface area contributed by atoms with E-state index in [0.29, 0.717) is 25.2 Å². The summed E-state index contributed by atoms with van der Waals surface area (Å²) in [6, 6.07) is 2.73. The monoisotopic (exact) mass is 267 g/mol. The fourth-order valence-corrected chi connectivity index (χ4v) is 1.76. The lowest BCUT2D eigenvalue weighted by atomic mass is 10.3. The maximum Gasteiger partial charge on any atom is 0.153 e. The van der Waals surface area contributed by atoms with Gasteiger partial charge in [-0.1, -0.05) is 12.1 Å². The van der Waals surface area contributed by atoms with Crippen LogP contribution in [0.2, 0.25) is 0 Å². The van der Waals surface area contributed by atoms with Gasteiger partial charge in [0.1, 0.15) is 0 Å². The summed E-state index contributed by atoms with van der Waals surface area (Å²) in [5.74, 6) is 0.218. The zero-order valence-corrected chi connectivity index (χ0v) is 12.2. The third-order valence-electron chi connectivity index (χ3n) is 3.29. The Labute approximate surface area is 114 Å². The maximum absolute atomic E-state index is 8.66. The molecule has 0 fully saturated rings. The van der Waals surface area contributed by atoms with Crippen LogP contribution in [-0.2, 0) is 6.54 Å². The van der Waals surface area contributed by atoms with Gasteiger partial charge in [-0.15, -0.1) is 0 Å². The van der Waals surface area contributed by atoms with E-state index in [2.05, 4.69) is 42.8 Å². The predicted molar refractivity (Wildman–Crippen MR) is 76.2 cm³/mol. The molecule has 108 valence electrons. The van der Waals surface area contributed by atoms with Gasteiger partial charge < -0.3 is 10.9 Å². The Bertz CT molecular complexity index is 413. The molecule has 0 aliphatic rings. The molecule has 1 unspecified atom stereocenters. The number of nitrogens with zero attached hydrogens (tertiary/aromatic N) is 4. The van der Waals surface area contributed by atoms with Gasteiger partial charge in [0.15, 0.2) is 5.84 Å². The molecule has 6 heteroatoms. The molecule has 0 bridgehead atoms. The summed E-state index contributed by atoms with van der Waals surface area (Å²) in [7, 11) is 0. The number of hydrogen-bond acceptors (Lipinski definition) is 4. The number of amidine groups is 1. The van der Waals surface area contributed by atoms with Crippen LogP contribution in [-0.4, -0.2) is 38.3 Å². The third kappa shape index (κ3) is 4.55. The van der Waals surface area contributed by atoms with Crippen molar-refractivity contribution in [2.45, 2.75) is 52.7 Å². The second kappa shape index (κ2) is 7.13. The minimum Gasteiger partial charge on any atom is -0.409 e. The van der Waals surface area contributed by atoms with Crippen LogP contribution in [0.3, 0.4) is 0 Å². The average Bonchev–Trinajstić information content (AvgIpc) is 2.85. The molecule has 0 amide bonds. The van der Waals surface area contributed by atoms with Crippen LogP contribution in [0.25, 0.3) is 0 Å². The highest BCUT2D eigenvalue weighted by Gasteiger charge is 2.14. The normalized spacial score (nSPS) is 14.3. The molecule has 1 atom stereocenters. The van der Waals surface area contributed by atoms with E-state index in [1.165, 1.54) is 0 Å². The minimum absolute atomic E-state index is 0.218. The summed E-state index contributed by atoms with van der Waals surface area (Å²) in [5.41, 5.74) is 6.57. The highest BCUT2D eigenvalue weighted by atomic mass is 16.4. The molecule has 0 aliphatic carbocycles. The summed E-state index contributed by atoms with van der Waals surface area (Å²) < 4.78 is 1.98. The summed E-state index contributed by atoms with van der Waals surface area (Å²) in [6.07, 6.45) is 3.06. The van der Waals surface area contributed by atoms with Crippen molar-refractivity contribution in [2.24, 2.45) is 10.9 Å². The average molecular weight is 267 g/mol. The SMILES string of the molecule is CCC(C)n1ccc(CN(CC(N)=NO)C(C)C)n1. The van der Waals surface area contributed by atoms with E-state index in [0.717, 1.165) is 12.1 Å². The van der Waals surface area contributed by atoms with E-state index in [1.54, 1.807) is 0 Å². The number of oxime groups is 1. The van der Waals surface area contributed by atoms with Gasteiger partial charge in [0, 0.05) is 24.8 Å². The largest absolute Gasteiger partial charge is 0.409 e. The fraction of sp³-hybridized carbons (Fsp3) is 0.692. The lowest BCUT2D eigenvalue weighted by Gasteiger charge is -2.24. The van der Waals surface area contributed by atoms with Gasteiger partial charge in [0.2, 0.25) is 0 Å². The topological polar surface area (TPSA) is 79.7 Å². The van der Waals surface area contributed by atoms with E-state index in [9.17, 15) is 0 Å². The van der Waals surface area contributed by atoms with Gasteiger partial charge in [-0.25, -0.2) is 0 Å². The van der Waals surface area contributed by atoms with Crippen LogP contribution >= 0.6 is 0 Å². The van der Waals surface area contributed by atoms with Crippen LogP contribution in [0, 0.1) is 0 Å². The standard InChI is InChI=1S/C13H25N5O/c1-5-11(4)18-7-6-12(15-18)8-17(10(2)3)9-13(14)16-19/h6-7,10-11,19H,5,8-9H2,1-4H3,(H2,14,16). The Hall–Kier alpha value is -1.56. The number of hydrogen-bond donors (Lipinski definition) is 2. The highest BCUT2D eigenvalue weighted by Crippen LogP contribution is 2.11. The van der Waals surface area contributed by atoms with Gasteiger partial charge in [-0.05, 0) is 33.3 Å². The van der Waals surface area contributed by atoms with Crippen molar-refractivity contribution < 1.29 is 5.21 Å². The molecule has 1 rings (SSSR count). The van der Waals surface area contributed by atoms with E-state index >= 15 is 0 Å². The Morgan fingerprint density at radius 3 is 2.74 bits per heavy atom. The predicted octanol–water partition coefficient (Wildman–Crippen LogP) is 1.81. The smallest absolute Gasteiger partial charge is 0.153 e. The van der Waals surface area contributed by atoms with Crippen molar-refractivity contribution in [2.75, 3.05) is 6.54 Å². The minimum atomic E-state index is 0.218. The highest BCUT2D eigenvalue weighted by molar-refractivity contribution is 5.81. The molecule has 6 nitrogen and oxygen atoms in total. The van der Waals surface area contributed by atoms with Crippen LogP contribution in [0.15, 0.2) is 17.4 Å². The first-order valence-corrected chi connectivity index (χ1v) is 6.72. The molecule has 0 saturated carbocycles. The number of rotatable bonds is 7. The van der Waals surface area contributed by atoms with Crippen molar-refractivity contribution in [1.82, 2.24) is 14.7 Å². The van der Waals surface area contributed by atoms with Gasteiger partial charge in [-0.2, -0.15) is 5.10 Å². The Morgan fingerprint density at radius 1 is 1.53 bits per heavy atom. The number of nitrogens with two attached hydrogens (primary N) is 1. The van der Waals surface area contributed by atoms with Crippen LogP contribution < -0.4 is 5.73 Å². The molecule has 0 radical (unpaired) electrons. The van der Waals surface area contributed by atoms with E-state index in [-0.39, 0.29) is 5.84 Å². The maximum atomic E-state index is 8.66. The van der Waals surface area contributed by atoms with Crippen molar-refractivity contribution in [3.63, 3.8) is 0 Å². The van der Waals surface area contributed by atoms with Crippen molar-refractivity contribution in [3.05, 3.63) is 18.0 Å². The molecule has 1 aromatic rings. The van der Waals surface area contributed by atoms with E-state index < -0.39 is 0 Å². The van der Waals surface area contributed by atoms with Gasteiger partial charge >= 0.3 is 0 Å². The first-order chi connectivity index (χ1) is 8.97. The van der Waals surface area contributed by atoms with Crippen LogP contribution in [0.5, 0.6) is 0 Å². The first kappa shape index (κ1) is 15.5. The molecule has 0 spiro atoms. The Kier molecular flexibility index (Phi) is 5.82. The molecule has 1 aromatic heterocycles. The molecule has 0 aromatic carbocycles. The lowest BCUT2D eigenvalue weighted by molar-refractivity contribution is 0.235. The van der Waals surface area contributed by atoms with E-state index in [4.69, 9.17) is 10.9 Å². The summed E-state index contributed by atoms with van der Waals surface area (Å²) in [4.78, 5) is 2.11. The molecular formula is C13H25N5O. The summed E-state index contributed by atoms with van der Waals surface area (Å²) in [6.45, 7) is 9.58. The van der Waals surface area contributed by atoms with Gasteiger partial charge in [0.25, 0.3) is 0 Å². The Balaban J connectivity index is 2.71.